The third kappa shape index (κ3) is 4.66. The lowest BCUT2D eigenvalue weighted by Crippen LogP contribution is -1.97. The highest BCUT2D eigenvalue weighted by Gasteiger charge is 2.23. The van der Waals surface area contributed by atoms with E-state index in [4.69, 9.17) is 0 Å². The lowest BCUT2D eigenvalue weighted by Gasteiger charge is -2.15. The molecule has 3 nitrogen and oxygen atoms in total. The molecule has 266 valence electrons. The first kappa shape index (κ1) is 31.7. The maximum Gasteiger partial charge on any atom is 0.0619 e. The number of hydrogen-bond acceptors (Lipinski definition) is 0. The minimum Gasteiger partial charge on any atom is -0.309 e. The van der Waals surface area contributed by atoms with E-state index in [2.05, 4.69) is 226 Å². The van der Waals surface area contributed by atoms with E-state index in [0.717, 1.165) is 17.1 Å². The molecule has 0 N–H and O–H groups in total. The zero-order valence-electron chi connectivity index (χ0n) is 31.0. The second kappa shape index (κ2) is 12.5. The molecule has 0 aliphatic carbocycles. The van der Waals surface area contributed by atoms with Gasteiger partial charge in [0, 0.05) is 54.8 Å². The molecule has 0 bridgehead atoms. The van der Waals surface area contributed by atoms with Gasteiger partial charge in [-0.15, -0.1) is 0 Å². The molecule has 9 aromatic carbocycles. The Bertz CT molecular complexity index is 3500. The zero-order valence-corrected chi connectivity index (χ0v) is 31.0. The molecule has 0 amide bonds. The second-order valence-electron chi connectivity index (χ2n) is 14.9. The van der Waals surface area contributed by atoms with E-state index < -0.39 is 0 Å². The van der Waals surface area contributed by atoms with Gasteiger partial charge in [0.2, 0.25) is 0 Å². The van der Waals surface area contributed by atoms with Crippen LogP contribution in [0.1, 0.15) is 0 Å². The molecule has 12 rings (SSSR count). The first-order valence-electron chi connectivity index (χ1n) is 19.6. The van der Waals surface area contributed by atoms with E-state index in [-0.39, 0.29) is 0 Å². The van der Waals surface area contributed by atoms with E-state index in [1.54, 1.807) is 0 Å². The van der Waals surface area contributed by atoms with Crippen LogP contribution in [-0.4, -0.2) is 13.7 Å². The van der Waals surface area contributed by atoms with Gasteiger partial charge in [0.1, 0.15) is 0 Å². The molecule has 3 aromatic heterocycles. The third-order valence-corrected chi connectivity index (χ3v) is 11.8. The summed E-state index contributed by atoms with van der Waals surface area (Å²) in [5.74, 6) is 0. The maximum absolute atomic E-state index is 2.49. The normalized spacial score (nSPS) is 11.9. The molecule has 0 unspecified atom stereocenters. The van der Waals surface area contributed by atoms with Crippen LogP contribution in [0.15, 0.2) is 212 Å². The van der Waals surface area contributed by atoms with E-state index in [9.17, 15) is 0 Å². The predicted molar refractivity (Wildman–Crippen MR) is 240 cm³/mol. The van der Waals surface area contributed by atoms with Gasteiger partial charge in [0.15, 0.2) is 0 Å². The van der Waals surface area contributed by atoms with Gasteiger partial charge in [-0.05, 0) is 77.9 Å². The van der Waals surface area contributed by atoms with Gasteiger partial charge in [-0.3, -0.25) is 0 Å². The number of nitrogens with zero attached hydrogens (tertiary/aromatic N) is 3. The summed E-state index contributed by atoms with van der Waals surface area (Å²) in [6, 6.07) is 77.3. The molecule has 12 aromatic rings. The van der Waals surface area contributed by atoms with Crippen LogP contribution in [-0.2, 0) is 0 Å². The minimum atomic E-state index is 1.15. The third-order valence-electron chi connectivity index (χ3n) is 11.8. The first-order valence-corrected chi connectivity index (χ1v) is 19.6. The van der Waals surface area contributed by atoms with Crippen molar-refractivity contribution in [2.24, 2.45) is 0 Å². The Morgan fingerprint density at radius 2 is 0.772 bits per heavy atom. The summed E-state index contributed by atoms with van der Waals surface area (Å²) in [6.07, 6.45) is 0. The van der Waals surface area contributed by atoms with Crippen LogP contribution in [0.2, 0.25) is 0 Å². The molecule has 0 aliphatic rings. The monoisotopic (exact) mass is 725 g/mol. The lowest BCUT2D eigenvalue weighted by molar-refractivity contribution is 1.17. The fourth-order valence-electron chi connectivity index (χ4n) is 9.48. The Morgan fingerprint density at radius 3 is 1.53 bits per heavy atom. The molecule has 0 fully saturated rings. The van der Waals surface area contributed by atoms with Crippen LogP contribution in [0.5, 0.6) is 0 Å². The fourth-order valence-corrected chi connectivity index (χ4v) is 9.48. The number of benzene rings is 9. The van der Waals surface area contributed by atoms with Crippen molar-refractivity contribution in [1.82, 2.24) is 13.7 Å². The largest absolute Gasteiger partial charge is 0.309 e. The Labute approximate surface area is 329 Å². The highest BCUT2D eigenvalue weighted by molar-refractivity contribution is 6.30. The molecular formula is C54H35N3. The van der Waals surface area contributed by atoms with Crippen LogP contribution in [0, 0.1) is 0 Å². The maximum atomic E-state index is 2.49. The summed E-state index contributed by atoms with van der Waals surface area (Å²) >= 11 is 0. The van der Waals surface area contributed by atoms with Gasteiger partial charge in [-0.25, -0.2) is 0 Å². The average Bonchev–Trinajstić information content (AvgIpc) is 3.93. The number of hydrogen-bond donors (Lipinski definition) is 0. The van der Waals surface area contributed by atoms with E-state index in [0.29, 0.717) is 0 Å². The minimum absolute atomic E-state index is 1.15. The van der Waals surface area contributed by atoms with E-state index in [1.165, 1.54) is 87.7 Å². The van der Waals surface area contributed by atoms with Crippen molar-refractivity contribution >= 4 is 65.4 Å². The Morgan fingerprint density at radius 1 is 0.263 bits per heavy atom. The molecule has 3 heteroatoms. The van der Waals surface area contributed by atoms with Crippen molar-refractivity contribution < 1.29 is 0 Å². The van der Waals surface area contributed by atoms with Crippen molar-refractivity contribution in [2.75, 3.05) is 0 Å². The topological polar surface area (TPSA) is 14.8 Å². The highest BCUT2D eigenvalue weighted by Crippen LogP contribution is 2.46. The molecule has 0 atom stereocenters. The van der Waals surface area contributed by atoms with Gasteiger partial charge in [-0.2, -0.15) is 0 Å². The summed E-state index contributed by atoms with van der Waals surface area (Å²) in [5.41, 5.74) is 15.5. The van der Waals surface area contributed by atoms with Crippen molar-refractivity contribution in [3.05, 3.63) is 212 Å². The number of fused-ring (bicyclic) bond motifs is 10. The number of aromatic nitrogens is 3. The van der Waals surface area contributed by atoms with Crippen molar-refractivity contribution in [3.63, 3.8) is 0 Å². The summed E-state index contributed by atoms with van der Waals surface area (Å²) in [4.78, 5) is 0. The molecular weight excluding hydrogens is 691 g/mol. The summed E-state index contributed by atoms with van der Waals surface area (Å²) in [5, 5.41) is 7.52. The van der Waals surface area contributed by atoms with Crippen molar-refractivity contribution in [3.8, 4) is 39.3 Å². The van der Waals surface area contributed by atoms with Crippen LogP contribution < -0.4 is 0 Å². The van der Waals surface area contributed by atoms with E-state index >= 15 is 0 Å². The standard InChI is InChI=1S/C54H35N3/c1-4-17-36(18-5-1)41-26-16-27-44-53-50(56(54(41)44)39-21-8-3-9-22-39)33-34-51-52(53)43-25-12-15-30-48(43)57(51)46-28-13-10-23-40(46)37-31-32-49-45(35-37)42-24-11-14-29-47(42)55(49)38-19-6-2-7-20-38/h1-35H. The van der Waals surface area contributed by atoms with Gasteiger partial charge in [0.25, 0.3) is 0 Å². The molecule has 0 saturated heterocycles. The SMILES string of the molecule is c1ccc(-c2cccc3c4c5c6ccccc6n(-c6ccccc6-c6ccc7c(c6)c6ccccc6n7-c6ccccc6)c5ccc4n(-c4ccccc4)c23)cc1. The van der Waals surface area contributed by atoms with Gasteiger partial charge < -0.3 is 13.7 Å². The van der Waals surface area contributed by atoms with Crippen LogP contribution in [0.3, 0.4) is 0 Å². The zero-order chi connectivity index (χ0) is 37.5. The van der Waals surface area contributed by atoms with Crippen molar-refractivity contribution in [2.45, 2.75) is 0 Å². The van der Waals surface area contributed by atoms with Crippen LogP contribution in [0.25, 0.3) is 105 Å². The van der Waals surface area contributed by atoms with Gasteiger partial charge in [-0.1, -0.05) is 146 Å². The summed E-state index contributed by atoms with van der Waals surface area (Å²) in [6.45, 7) is 0. The number of rotatable bonds is 5. The van der Waals surface area contributed by atoms with Gasteiger partial charge >= 0.3 is 0 Å². The van der Waals surface area contributed by atoms with Gasteiger partial charge in [0.05, 0.1) is 38.8 Å². The molecule has 0 aliphatic heterocycles. The first-order chi connectivity index (χ1) is 28.3. The fraction of sp³-hybridized carbons (Fsp3) is 0. The van der Waals surface area contributed by atoms with E-state index in [1.807, 2.05) is 0 Å². The second-order valence-corrected chi connectivity index (χ2v) is 14.9. The molecule has 3 heterocycles. The molecule has 57 heavy (non-hydrogen) atoms. The highest BCUT2D eigenvalue weighted by atomic mass is 15.0. The number of para-hydroxylation sites is 6. The molecule has 0 radical (unpaired) electrons. The Hall–Kier alpha value is -7.62. The predicted octanol–water partition coefficient (Wildman–Crippen LogP) is 14.3. The smallest absolute Gasteiger partial charge is 0.0619 e. The quantitative estimate of drug-likeness (QED) is 0.168. The molecule has 0 saturated carbocycles. The molecule has 0 spiro atoms. The summed E-state index contributed by atoms with van der Waals surface area (Å²) < 4.78 is 7.34. The Balaban J connectivity index is 1.15. The van der Waals surface area contributed by atoms with Crippen molar-refractivity contribution in [1.29, 1.82) is 0 Å². The van der Waals surface area contributed by atoms with Crippen LogP contribution >= 0.6 is 0 Å². The lowest BCUT2D eigenvalue weighted by atomic mass is 10.00. The van der Waals surface area contributed by atoms with Crippen LogP contribution in [0.4, 0.5) is 0 Å². The average molecular weight is 726 g/mol. The summed E-state index contributed by atoms with van der Waals surface area (Å²) in [7, 11) is 0. The Kier molecular flexibility index (Phi) is 6.93.